The van der Waals surface area contributed by atoms with Gasteiger partial charge >= 0.3 is 5.69 Å². The molecule has 2 aromatic carbocycles. The molecule has 0 saturated heterocycles. The highest BCUT2D eigenvalue weighted by Crippen LogP contribution is 2.39. The molecule has 0 atom stereocenters. The first-order chi connectivity index (χ1) is 13.5. The van der Waals surface area contributed by atoms with E-state index in [0.717, 1.165) is 18.5 Å². The summed E-state index contributed by atoms with van der Waals surface area (Å²) in [6.45, 7) is -0.198. The van der Waals surface area contributed by atoms with E-state index in [-0.39, 0.29) is 24.1 Å². The number of para-hydroxylation sites is 1. The Balaban J connectivity index is 1.55. The standard InChI is InChI=1S/C20H19N5O3/c21-18(27)13-8-10-15(11-9-13)22-17(26)12-24-20(28)25(16-4-2-1-3-5-16)19(23-24)14-6-7-14/h1-5,8-11,14H,6-7,12H2,(H2,21,27)(H,22,26). The van der Waals surface area contributed by atoms with Gasteiger partial charge in [-0.15, -0.1) is 0 Å². The van der Waals surface area contributed by atoms with Crippen LogP contribution in [0.15, 0.2) is 59.4 Å². The topological polar surface area (TPSA) is 112 Å². The van der Waals surface area contributed by atoms with Gasteiger partial charge in [0.2, 0.25) is 11.8 Å². The SMILES string of the molecule is NC(=O)c1ccc(NC(=O)Cn2nc(C3CC3)n(-c3ccccc3)c2=O)cc1. The largest absolute Gasteiger partial charge is 0.366 e. The summed E-state index contributed by atoms with van der Waals surface area (Å²) in [7, 11) is 0. The maximum atomic E-state index is 12.9. The van der Waals surface area contributed by atoms with Gasteiger partial charge in [0.15, 0.2) is 0 Å². The van der Waals surface area contributed by atoms with Crippen molar-refractivity contribution in [3.63, 3.8) is 0 Å². The molecule has 0 aliphatic heterocycles. The molecular weight excluding hydrogens is 358 g/mol. The fraction of sp³-hybridized carbons (Fsp3) is 0.200. The number of nitrogens with one attached hydrogen (secondary N) is 1. The number of carbonyl (C=O) groups is 2. The lowest BCUT2D eigenvalue weighted by Crippen LogP contribution is -2.29. The van der Waals surface area contributed by atoms with Gasteiger partial charge in [-0.3, -0.25) is 9.59 Å². The summed E-state index contributed by atoms with van der Waals surface area (Å²) in [6.07, 6.45) is 1.98. The molecule has 1 heterocycles. The van der Waals surface area contributed by atoms with Crippen LogP contribution < -0.4 is 16.7 Å². The molecule has 3 aromatic rings. The van der Waals surface area contributed by atoms with Crippen molar-refractivity contribution in [1.82, 2.24) is 14.3 Å². The molecule has 3 N–H and O–H groups in total. The Kier molecular flexibility index (Phi) is 4.52. The molecule has 2 amide bonds. The number of rotatable bonds is 6. The average molecular weight is 377 g/mol. The second-order valence-corrected chi connectivity index (χ2v) is 6.73. The number of nitrogens with two attached hydrogens (primary N) is 1. The zero-order valence-electron chi connectivity index (χ0n) is 15.0. The third-order valence-electron chi connectivity index (χ3n) is 4.57. The van der Waals surface area contributed by atoms with E-state index in [1.54, 1.807) is 16.7 Å². The number of amides is 2. The summed E-state index contributed by atoms with van der Waals surface area (Å²) in [4.78, 5) is 36.4. The van der Waals surface area contributed by atoms with Gasteiger partial charge < -0.3 is 11.1 Å². The molecule has 8 nitrogen and oxygen atoms in total. The smallest absolute Gasteiger partial charge is 0.351 e. The quantitative estimate of drug-likeness (QED) is 0.680. The predicted molar refractivity (Wildman–Crippen MR) is 103 cm³/mol. The molecule has 1 aliphatic carbocycles. The van der Waals surface area contributed by atoms with E-state index in [4.69, 9.17) is 5.73 Å². The number of nitrogens with zero attached hydrogens (tertiary/aromatic N) is 3. The molecule has 0 radical (unpaired) electrons. The Morgan fingerprint density at radius 2 is 1.75 bits per heavy atom. The molecular formula is C20H19N5O3. The van der Waals surface area contributed by atoms with E-state index < -0.39 is 5.91 Å². The normalized spacial score (nSPS) is 13.3. The van der Waals surface area contributed by atoms with Gasteiger partial charge in [0.1, 0.15) is 12.4 Å². The highest BCUT2D eigenvalue weighted by Gasteiger charge is 2.31. The van der Waals surface area contributed by atoms with Crippen LogP contribution in [0.1, 0.15) is 34.9 Å². The maximum absolute atomic E-state index is 12.9. The molecule has 1 aliphatic rings. The molecule has 4 rings (SSSR count). The Morgan fingerprint density at radius 3 is 2.36 bits per heavy atom. The molecule has 1 fully saturated rings. The number of benzene rings is 2. The highest BCUT2D eigenvalue weighted by molar-refractivity contribution is 5.94. The van der Waals surface area contributed by atoms with E-state index >= 15 is 0 Å². The van der Waals surface area contributed by atoms with Crippen molar-refractivity contribution < 1.29 is 9.59 Å². The van der Waals surface area contributed by atoms with Crippen LogP contribution in [-0.2, 0) is 11.3 Å². The van der Waals surface area contributed by atoms with E-state index in [1.807, 2.05) is 30.3 Å². The minimum atomic E-state index is -0.538. The van der Waals surface area contributed by atoms with Crippen molar-refractivity contribution >= 4 is 17.5 Å². The zero-order chi connectivity index (χ0) is 19.7. The second-order valence-electron chi connectivity index (χ2n) is 6.73. The van der Waals surface area contributed by atoms with Crippen molar-refractivity contribution in [2.75, 3.05) is 5.32 Å². The number of hydrogen-bond donors (Lipinski definition) is 2. The number of aromatic nitrogens is 3. The molecule has 0 spiro atoms. The molecule has 28 heavy (non-hydrogen) atoms. The van der Waals surface area contributed by atoms with Gasteiger partial charge in [0.05, 0.1) is 5.69 Å². The highest BCUT2D eigenvalue weighted by atomic mass is 16.2. The first kappa shape index (κ1) is 17.7. The van der Waals surface area contributed by atoms with E-state index in [1.165, 1.54) is 16.8 Å². The lowest BCUT2D eigenvalue weighted by Gasteiger charge is -2.05. The summed E-state index contributed by atoms with van der Waals surface area (Å²) in [5.74, 6) is 0.0193. The third-order valence-corrected chi connectivity index (χ3v) is 4.57. The number of carbonyl (C=O) groups excluding carboxylic acids is 2. The number of primary amides is 1. The molecule has 1 aromatic heterocycles. The van der Waals surface area contributed by atoms with Gasteiger partial charge in [-0.2, -0.15) is 5.10 Å². The van der Waals surface area contributed by atoms with Crippen molar-refractivity contribution in [3.8, 4) is 5.69 Å². The summed E-state index contributed by atoms with van der Waals surface area (Å²) in [5, 5.41) is 7.11. The predicted octanol–water partition coefficient (Wildman–Crippen LogP) is 1.65. The number of hydrogen-bond acceptors (Lipinski definition) is 4. The molecule has 8 heteroatoms. The summed E-state index contributed by atoms with van der Waals surface area (Å²) >= 11 is 0. The van der Waals surface area contributed by atoms with Gasteiger partial charge in [-0.05, 0) is 49.2 Å². The second kappa shape index (κ2) is 7.15. The molecule has 1 saturated carbocycles. The lowest BCUT2D eigenvalue weighted by molar-refractivity contribution is -0.117. The minimum Gasteiger partial charge on any atom is -0.366 e. The van der Waals surface area contributed by atoms with E-state index in [9.17, 15) is 14.4 Å². The van der Waals surface area contributed by atoms with Gasteiger partial charge in [-0.25, -0.2) is 14.0 Å². The summed E-state index contributed by atoms with van der Waals surface area (Å²) in [5.41, 5.74) is 6.46. The third kappa shape index (κ3) is 3.57. The first-order valence-corrected chi connectivity index (χ1v) is 8.98. The van der Waals surface area contributed by atoms with Gasteiger partial charge in [-0.1, -0.05) is 18.2 Å². The Hall–Kier alpha value is -3.68. The van der Waals surface area contributed by atoms with Crippen LogP contribution in [0.2, 0.25) is 0 Å². The molecule has 142 valence electrons. The van der Waals surface area contributed by atoms with E-state index in [0.29, 0.717) is 17.1 Å². The molecule has 0 bridgehead atoms. The monoisotopic (exact) mass is 377 g/mol. The van der Waals surface area contributed by atoms with Gasteiger partial charge in [0.25, 0.3) is 0 Å². The van der Waals surface area contributed by atoms with Crippen LogP contribution in [0, 0.1) is 0 Å². The molecule has 0 unspecified atom stereocenters. The zero-order valence-corrected chi connectivity index (χ0v) is 15.0. The lowest BCUT2D eigenvalue weighted by atomic mass is 10.2. The number of anilines is 1. The fourth-order valence-electron chi connectivity index (χ4n) is 3.01. The first-order valence-electron chi connectivity index (χ1n) is 8.98. The van der Waals surface area contributed by atoms with Crippen LogP contribution in [0.3, 0.4) is 0 Å². The Labute approximate surface area is 160 Å². The Bertz CT molecular complexity index is 1080. The van der Waals surface area contributed by atoms with E-state index in [2.05, 4.69) is 10.4 Å². The van der Waals surface area contributed by atoms with Gasteiger partial charge in [0, 0.05) is 17.2 Å². The van der Waals surface area contributed by atoms with Crippen LogP contribution in [0.5, 0.6) is 0 Å². The van der Waals surface area contributed by atoms with Crippen LogP contribution in [0.4, 0.5) is 5.69 Å². The van der Waals surface area contributed by atoms with Crippen molar-refractivity contribution in [2.45, 2.75) is 25.3 Å². The summed E-state index contributed by atoms with van der Waals surface area (Å²) in [6, 6.07) is 15.5. The average Bonchev–Trinajstić information content (AvgIpc) is 3.48. The van der Waals surface area contributed by atoms with Crippen LogP contribution in [-0.4, -0.2) is 26.2 Å². The van der Waals surface area contributed by atoms with Crippen LogP contribution >= 0.6 is 0 Å². The minimum absolute atomic E-state index is 0.198. The van der Waals surface area contributed by atoms with Crippen molar-refractivity contribution in [1.29, 1.82) is 0 Å². The maximum Gasteiger partial charge on any atom is 0.351 e. The fourth-order valence-corrected chi connectivity index (χ4v) is 3.01. The summed E-state index contributed by atoms with van der Waals surface area (Å²) < 4.78 is 2.76. The van der Waals surface area contributed by atoms with Crippen LogP contribution in [0.25, 0.3) is 5.69 Å². The van der Waals surface area contributed by atoms with Crippen molar-refractivity contribution in [2.24, 2.45) is 5.73 Å². The van der Waals surface area contributed by atoms with Crippen molar-refractivity contribution in [3.05, 3.63) is 76.5 Å². The Morgan fingerprint density at radius 1 is 1.07 bits per heavy atom.